The van der Waals surface area contributed by atoms with Gasteiger partial charge in [0.2, 0.25) is 0 Å². The molecule has 3 N–H and O–H groups in total. The van der Waals surface area contributed by atoms with E-state index in [1.54, 1.807) is 30.7 Å². The predicted octanol–water partition coefficient (Wildman–Crippen LogP) is 4.64. The topological polar surface area (TPSA) is 139 Å². The number of benzene rings is 2. The molecule has 0 saturated carbocycles. The predicted molar refractivity (Wildman–Crippen MR) is 138 cm³/mol. The summed E-state index contributed by atoms with van der Waals surface area (Å²) in [5.74, 6) is -1.55. The van der Waals surface area contributed by atoms with Crippen LogP contribution >= 0.6 is 34.7 Å². The minimum absolute atomic E-state index is 0.0276. The molecule has 2 aromatic heterocycles. The fraction of sp³-hybridized carbons (Fsp3) is 0.174. The Labute approximate surface area is 220 Å². The van der Waals surface area contributed by atoms with Crippen molar-refractivity contribution in [3.05, 3.63) is 75.7 Å². The maximum absolute atomic E-state index is 13.1. The highest BCUT2D eigenvalue weighted by Gasteiger charge is 2.26. The van der Waals surface area contributed by atoms with E-state index in [1.165, 1.54) is 18.2 Å². The van der Waals surface area contributed by atoms with Gasteiger partial charge in [0.15, 0.2) is 9.84 Å². The lowest BCUT2D eigenvalue weighted by molar-refractivity contribution is -0.139. The third-order valence-corrected chi connectivity index (χ3v) is 8.07. The van der Waals surface area contributed by atoms with E-state index in [4.69, 9.17) is 27.6 Å². The second-order valence-electron chi connectivity index (χ2n) is 7.93. The van der Waals surface area contributed by atoms with Crippen molar-refractivity contribution in [1.29, 1.82) is 0 Å². The van der Waals surface area contributed by atoms with E-state index in [1.807, 2.05) is 0 Å². The van der Waals surface area contributed by atoms with Crippen LogP contribution < -0.4 is 10.6 Å². The molecule has 36 heavy (non-hydrogen) atoms. The van der Waals surface area contributed by atoms with Crippen LogP contribution in [0.4, 0.5) is 5.82 Å². The zero-order valence-corrected chi connectivity index (χ0v) is 21.8. The monoisotopic (exact) mass is 567 g/mol. The minimum Gasteiger partial charge on any atom is -0.480 e. The average molecular weight is 568 g/mol. The fourth-order valence-electron chi connectivity index (χ4n) is 3.49. The molecule has 0 aliphatic rings. The Balaban J connectivity index is 1.57. The molecule has 4 rings (SSSR count). The van der Waals surface area contributed by atoms with Gasteiger partial charge in [-0.15, -0.1) is 0 Å². The van der Waals surface area contributed by atoms with Crippen molar-refractivity contribution in [2.75, 3.05) is 11.6 Å². The number of hydrogen-bond acceptors (Lipinski definition) is 8. The Hall–Kier alpha value is -3.12. The lowest BCUT2D eigenvalue weighted by Gasteiger charge is -2.16. The molecule has 0 bridgehead atoms. The largest absolute Gasteiger partial charge is 0.480 e. The van der Waals surface area contributed by atoms with Gasteiger partial charge in [-0.05, 0) is 41.4 Å². The Bertz CT molecular complexity index is 1550. The molecule has 0 aliphatic heterocycles. The fourth-order valence-corrected chi connectivity index (χ4v) is 5.69. The van der Waals surface area contributed by atoms with Gasteiger partial charge in [0, 0.05) is 30.2 Å². The number of carboxylic acid groups (broad SMARTS) is 1. The van der Waals surface area contributed by atoms with Crippen LogP contribution in [-0.2, 0) is 27.6 Å². The molecule has 0 aliphatic carbocycles. The summed E-state index contributed by atoms with van der Waals surface area (Å²) < 4.78 is 33.6. The molecule has 9 nitrogen and oxygen atoms in total. The third-order valence-electron chi connectivity index (χ3n) is 5.29. The third kappa shape index (κ3) is 5.65. The number of hydrogen-bond donors (Lipinski definition) is 3. The number of carbonyl (C=O) groups excluding carboxylic acids is 1. The highest BCUT2D eigenvalue weighted by molar-refractivity contribution is 7.90. The normalized spacial score (nSPS) is 12.4. The number of aliphatic carboxylic acids is 1. The standard InChI is InChI=1S/C23H19Cl2N3O6S2/c1-36(32,33)14-4-2-3-12(7-14)8-17(23(30)31)27-22(29)18-16(24)9-15-20(19(18)25)35-28-21(15)26-10-13-5-6-34-11-13/h2-7,9,11,17H,8,10H2,1H3,(H,26,28)(H,27,29)(H,30,31)/t17-/m0/s1. The number of nitrogens with zero attached hydrogens (tertiary/aromatic N) is 1. The number of sulfone groups is 1. The van der Waals surface area contributed by atoms with Crippen molar-refractivity contribution in [2.45, 2.75) is 23.9 Å². The number of carboxylic acids is 1. The molecule has 1 atom stereocenters. The van der Waals surface area contributed by atoms with Crippen molar-refractivity contribution in [3.8, 4) is 0 Å². The summed E-state index contributed by atoms with van der Waals surface area (Å²) in [5, 5.41) is 16.0. The van der Waals surface area contributed by atoms with Crippen LogP contribution in [0.3, 0.4) is 0 Å². The molecule has 188 valence electrons. The first kappa shape index (κ1) is 26.0. The van der Waals surface area contributed by atoms with Crippen LogP contribution in [0.15, 0.2) is 58.2 Å². The van der Waals surface area contributed by atoms with Gasteiger partial charge >= 0.3 is 5.97 Å². The quantitative estimate of drug-likeness (QED) is 0.266. The summed E-state index contributed by atoms with van der Waals surface area (Å²) in [6.45, 7) is 0.452. The van der Waals surface area contributed by atoms with Gasteiger partial charge in [-0.1, -0.05) is 35.3 Å². The lowest BCUT2D eigenvalue weighted by Crippen LogP contribution is -2.42. The Kier molecular flexibility index (Phi) is 7.55. The highest BCUT2D eigenvalue weighted by Crippen LogP contribution is 2.39. The van der Waals surface area contributed by atoms with E-state index < -0.39 is 27.8 Å². The molecule has 2 aromatic carbocycles. The molecule has 0 spiro atoms. The van der Waals surface area contributed by atoms with Gasteiger partial charge < -0.3 is 20.2 Å². The van der Waals surface area contributed by atoms with E-state index in [-0.39, 0.29) is 26.9 Å². The summed E-state index contributed by atoms with van der Waals surface area (Å²) in [5.41, 5.74) is 1.26. The molecule has 1 amide bonds. The van der Waals surface area contributed by atoms with E-state index in [0.29, 0.717) is 28.0 Å². The Morgan fingerprint density at radius 3 is 2.64 bits per heavy atom. The Morgan fingerprint density at radius 1 is 1.19 bits per heavy atom. The molecule has 2 heterocycles. The number of fused-ring (bicyclic) bond motifs is 1. The molecular weight excluding hydrogens is 549 g/mol. The Morgan fingerprint density at radius 2 is 1.97 bits per heavy atom. The van der Waals surface area contributed by atoms with Gasteiger partial charge in [0.1, 0.15) is 11.9 Å². The van der Waals surface area contributed by atoms with E-state index in [9.17, 15) is 23.1 Å². The molecule has 0 unspecified atom stereocenters. The lowest BCUT2D eigenvalue weighted by atomic mass is 10.1. The van der Waals surface area contributed by atoms with Crippen LogP contribution in [0.25, 0.3) is 10.1 Å². The maximum atomic E-state index is 13.1. The zero-order valence-electron chi connectivity index (χ0n) is 18.6. The van der Waals surface area contributed by atoms with Crippen molar-refractivity contribution in [3.63, 3.8) is 0 Å². The first-order valence-corrected chi connectivity index (χ1v) is 13.8. The smallest absolute Gasteiger partial charge is 0.326 e. The number of amides is 1. The van der Waals surface area contributed by atoms with Gasteiger partial charge in [-0.25, -0.2) is 13.2 Å². The molecule has 0 radical (unpaired) electrons. The zero-order chi connectivity index (χ0) is 26.0. The second-order valence-corrected chi connectivity index (χ2v) is 11.5. The summed E-state index contributed by atoms with van der Waals surface area (Å²) in [6, 6.07) is 7.87. The van der Waals surface area contributed by atoms with Crippen LogP contribution in [0, 0.1) is 0 Å². The minimum atomic E-state index is -3.48. The second kappa shape index (κ2) is 10.5. The van der Waals surface area contributed by atoms with Crippen molar-refractivity contribution in [2.24, 2.45) is 0 Å². The number of halogens is 2. The van der Waals surface area contributed by atoms with Crippen molar-refractivity contribution < 1.29 is 27.5 Å². The van der Waals surface area contributed by atoms with E-state index in [0.717, 1.165) is 23.4 Å². The van der Waals surface area contributed by atoms with Gasteiger partial charge in [0.05, 0.1) is 37.7 Å². The van der Waals surface area contributed by atoms with Crippen molar-refractivity contribution in [1.82, 2.24) is 9.69 Å². The van der Waals surface area contributed by atoms with Gasteiger partial charge in [-0.2, -0.15) is 4.37 Å². The van der Waals surface area contributed by atoms with E-state index in [2.05, 4.69) is 15.0 Å². The molecule has 13 heteroatoms. The van der Waals surface area contributed by atoms with Gasteiger partial charge in [-0.3, -0.25) is 4.79 Å². The number of rotatable bonds is 9. The first-order chi connectivity index (χ1) is 17.0. The van der Waals surface area contributed by atoms with Gasteiger partial charge in [0.25, 0.3) is 5.91 Å². The summed E-state index contributed by atoms with van der Waals surface area (Å²) in [7, 11) is -3.48. The molecule has 0 fully saturated rings. The number of aromatic nitrogens is 1. The number of furan rings is 1. The summed E-state index contributed by atoms with van der Waals surface area (Å²) >= 11 is 14.0. The van der Waals surface area contributed by atoms with Crippen LogP contribution in [0.5, 0.6) is 0 Å². The average Bonchev–Trinajstić information content (AvgIpc) is 3.47. The SMILES string of the molecule is CS(=O)(=O)c1cccc(C[C@H](NC(=O)c2c(Cl)cc3c(NCc4ccoc4)nsc3c2Cl)C(=O)O)c1. The number of carbonyl (C=O) groups is 2. The van der Waals surface area contributed by atoms with E-state index >= 15 is 0 Å². The summed E-state index contributed by atoms with van der Waals surface area (Å²) in [4.78, 5) is 25.0. The van der Waals surface area contributed by atoms with Crippen LogP contribution in [-0.4, -0.2) is 42.1 Å². The van der Waals surface area contributed by atoms with Crippen LogP contribution in [0.2, 0.25) is 10.0 Å². The number of nitrogens with one attached hydrogen (secondary N) is 2. The molecule has 0 saturated heterocycles. The molecule has 4 aromatic rings. The highest BCUT2D eigenvalue weighted by atomic mass is 35.5. The molecular formula is C23H19Cl2N3O6S2. The maximum Gasteiger partial charge on any atom is 0.326 e. The summed E-state index contributed by atoms with van der Waals surface area (Å²) in [6.07, 6.45) is 4.06. The van der Waals surface area contributed by atoms with Crippen LogP contribution in [0.1, 0.15) is 21.5 Å². The number of anilines is 1. The first-order valence-electron chi connectivity index (χ1n) is 10.4. The van der Waals surface area contributed by atoms with Crippen molar-refractivity contribution >= 4 is 72.4 Å².